The van der Waals surface area contributed by atoms with Gasteiger partial charge in [0.1, 0.15) is 5.75 Å². The number of piperazine rings is 1. The van der Waals surface area contributed by atoms with Crippen molar-refractivity contribution in [1.82, 2.24) is 15.1 Å². The van der Waals surface area contributed by atoms with Crippen LogP contribution in [0.15, 0.2) is 24.3 Å². The molecule has 2 N–H and O–H groups in total. The van der Waals surface area contributed by atoms with E-state index < -0.39 is 0 Å². The number of hydrogen-bond acceptors (Lipinski definition) is 5. The summed E-state index contributed by atoms with van der Waals surface area (Å²) in [5.41, 5.74) is 0.781. The Morgan fingerprint density at radius 3 is 2.77 bits per heavy atom. The molecular formula is C18H26N4O4. The second-order valence-electron chi connectivity index (χ2n) is 6.61. The highest BCUT2D eigenvalue weighted by Crippen LogP contribution is 2.25. The molecule has 26 heavy (non-hydrogen) atoms. The number of carbonyl (C=O) groups is 2. The lowest BCUT2D eigenvalue weighted by atomic mass is 10.2. The van der Waals surface area contributed by atoms with Crippen LogP contribution in [-0.2, 0) is 4.79 Å². The minimum absolute atomic E-state index is 0.00341. The minimum atomic E-state index is -0.198. The van der Waals surface area contributed by atoms with E-state index in [1.165, 1.54) is 0 Å². The maximum atomic E-state index is 12.5. The SMILES string of the molecule is COc1cccc(N2C[C@@H](NC(=O)N3CCN(CCO)CC3)CC2=O)c1. The maximum Gasteiger partial charge on any atom is 0.317 e. The van der Waals surface area contributed by atoms with Gasteiger partial charge in [-0.3, -0.25) is 9.69 Å². The summed E-state index contributed by atoms with van der Waals surface area (Å²) in [6, 6.07) is 7.04. The van der Waals surface area contributed by atoms with Crippen molar-refractivity contribution in [3.05, 3.63) is 24.3 Å². The first-order chi connectivity index (χ1) is 12.6. The number of methoxy groups -OCH3 is 1. The molecule has 1 aromatic rings. The number of urea groups is 1. The van der Waals surface area contributed by atoms with Gasteiger partial charge in [-0.05, 0) is 12.1 Å². The van der Waals surface area contributed by atoms with Crippen LogP contribution in [0.25, 0.3) is 0 Å². The molecule has 1 aromatic carbocycles. The molecule has 0 aliphatic carbocycles. The average Bonchev–Trinajstić information content (AvgIpc) is 3.02. The number of aliphatic hydroxyl groups excluding tert-OH is 1. The zero-order valence-corrected chi connectivity index (χ0v) is 15.1. The second-order valence-corrected chi connectivity index (χ2v) is 6.61. The standard InChI is InChI=1S/C18H26N4O4/c1-26-16-4-2-3-15(12-16)22-13-14(11-17(22)24)19-18(25)21-7-5-20(6-8-21)9-10-23/h2-4,12,14,23H,5-11,13H2,1H3,(H,19,25)/t14-/m0/s1. The summed E-state index contributed by atoms with van der Waals surface area (Å²) >= 11 is 0. The van der Waals surface area contributed by atoms with Crippen LogP contribution < -0.4 is 15.0 Å². The highest BCUT2D eigenvalue weighted by Gasteiger charge is 2.33. The number of anilines is 1. The van der Waals surface area contributed by atoms with Crippen LogP contribution in [0, 0.1) is 0 Å². The molecule has 1 atom stereocenters. The Morgan fingerprint density at radius 1 is 1.31 bits per heavy atom. The molecule has 3 rings (SSSR count). The zero-order valence-electron chi connectivity index (χ0n) is 15.1. The Bertz CT molecular complexity index is 646. The highest BCUT2D eigenvalue weighted by molar-refractivity contribution is 5.97. The quantitative estimate of drug-likeness (QED) is 0.777. The van der Waals surface area contributed by atoms with Gasteiger partial charge in [0, 0.05) is 57.4 Å². The third kappa shape index (κ3) is 4.25. The summed E-state index contributed by atoms with van der Waals surface area (Å²) in [6.45, 7) is 4.01. The van der Waals surface area contributed by atoms with E-state index in [2.05, 4.69) is 10.2 Å². The molecule has 0 bridgehead atoms. The van der Waals surface area contributed by atoms with Crippen molar-refractivity contribution in [2.45, 2.75) is 12.5 Å². The van der Waals surface area contributed by atoms with Crippen LogP contribution >= 0.6 is 0 Å². The minimum Gasteiger partial charge on any atom is -0.497 e. The van der Waals surface area contributed by atoms with Gasteiger partial charge in [0.05, 0.1) is 19.8 Å². The van der Waals surface area contributed by atoms with E-state index in [1.54, 1.807) is 16.9 Å². The van der Waals surface area contributed by atoms with E-state index in [1.807, 2.05) is 24.3 Å². The molecule has 0 unspecified atom stereocenters. The number of rotatable bonds is 5. The Morgan fingerprint density at radius 2 is 2.08 bits per heavy atom. The molecule has 142 valence electrons. The van der Waals surface area contributed by atoms with Crippen LogP contribution in [0.1, 0.15) is 6.42 Å². The van der Waals surface area contributed by atoms with E-state index in [9.17, 15) is 9.59 Å². The van der Waals surface area contributed by atoms with Crippen LogP contribution in [0.5, 0.6) is 5.75 Å². The largest absolute Gasteiger partial charge is 0.497 e. The summed E-state index contributed by atoms with van der Waals surface area (Å²) in [4.78, 5) is 30.4. The van der Waals surface area contributed by atoms with Gasteiger partial charge in [-0.1, -0.05) is 6.07 Å². The predicted molar refractivity (Wildman–Crippen MR) is 97.4 cm³/mol. The number of ether oxygens (including phenoxy) is 1. The second kappa shape index (κ2) is 8.37. The summed E-state index contributed by atoms with van der Waals surface area (Å²) in [5.74, 6) is 0.694. The summed E-state index contributed by atoms with van der Waals surface area (Å²) in [7, 11) is 1.59. The van der Waals surface area contributed by atoms with E-state index in [4.69, 9.17) is 9.84 Å². The number of nitrogens with zero attached hydrogens (tertiary/aromatic N) is 3. The van der Waals surface area contributed by atoms with E-state index in [0.717, 1.165) is 18.8 Å². The molecule has 0 saturated carbocycles. The van der Waals surface area contributed by atoms with Crippen molar-refractivity contribution in [2.24, 2.45) is 0 Å². The first kappa shape index (κ1) is 18.5. The van der Waals surface area contributed by atoms with Crippen LogP contribution in [-0.4, -0.2) is 85.9 Å². The predicted octanol–water partition coefficient (Wildman–Crippen LogP) is 0.120. The van der Waals surface area contributed by atoms with Crippen molar-refractivity contribution in [3.8, 4) is 5.75 Å². The van der Waals surface area contributed by atoms with E-state index in [-0.39, 0.29) is 24.6 Å². The fraction of sp³-hybridized carbons (Fsp3) is 0.556. The van der Waals surface area contributed by atoms with Crippen molar-refractivity contribution < 1.29 is 19.4 Å². The lowest BCUT2D eigenvalue weighted by molar-refractivity contribution is -0.117. The molecule has 2 fully saturated rings. The number of aliphatic hydroxyl groups is 1. The molecule has 2 saturated heterocycles. The number of β-amino-alcohol motifs (C(OH)–C–C–N with tert-alkyl or cyclic N) is 1. The number of amides is 3. The Kier molecular flexibility index (Phi) is 5.95. The van der Waals surface area contributed by atoms with Gasteiger partial charge >= 0.3 is 6.03 Å². The lowest BCUT2D eigenvalue weighted by Crippen LogP contribution is -2.54. The molecule has 2 aliphatic heterocycles. The average molecular weight is 362 g/mol. The smallest absolute Gasteiger partial charge is 0.317 e. The third-order valence-electron chi connectivity index (χ3n) is 4.89. The first-order valence-corrected chi connectivity index (χ1v) is 8.94. The first-order valence-electron chi connectivity index (χ1n) is 8.94. The third-order valence-corrected chi connectivity index (χ3v) is 4.89. The van der Waals surface area contributed by atoms with Crippen LogP contribution in [0.2, 0.25) is 0 Å². The number of hydrogen-bond donors (Lipinski definition) is 2. The maximum absolute atomic E-state index is 12.5. The van der Waals surface area contributed by atoms with Crippen molar-refractivity contribution >= 4 is 17.6 Å². The van der Waals surface area contributed by atoms with Crippen LogP contribution in [0.3, 0.4) is 0 Å². The fourth-order valence-electron chi connectivity index (χ4n) is 3.41. The Hall–Kier alpha value is -2.32. The van der Waals surface area contributed by atoms with Gasteiger partial charge in [0.2, 0.25) is 5.91 Å². The molecule has 0 spiro atoms. The number of benzene rings is 1. The van der Waals surface area contributed by atoms with Gasteiger partial charge in [-0.25, -0.2) is 4.79 Å². The van der Waals surface area contributed by atoms with E-state index in [0.29, 0.717) is 38.3 Å². The molecular weight excluding hydrogens is 336 g/mol. The summed E-state index contributed by atoms with van der Waals surface area (Å²) in [5, 5.41) is 12.0. The molecule has 0 aromatic heterocycles. The number of carbonyl (C=O) groups excluding carboxylic acids is 2. The van der Waals surface area contributed by atoms with Gasteiger partial charge in [0.15, 0.2) is 0 Å². The molecule has 8 nitrogen and oxygen atoms in total. The molecule has 2 aliphatic rings. The normalized spacial score (nSPS) is 21.2. The van der Waals surface area contributed by atoms with Gasteiger partial charge in [0.25, 0.3) is 0 Å². The molecule has 0 radical (unpaired) electrons. The van der Waals surface area contributed by atoms with Crippen LogP contribution in [0.4, 0.5) is 10.5 Å². The summed E-state index contributed by atoms with van der Waals surface area (Å²) in [6.07, 6.45) is 0.299. The molecule has 8 heteroatoms. The fourth-order valence-corrected chi connectivity index (χ4v) is 3.41. The Balaban J connectivity index is 1.53. The topological polar surface area (TPSA) is 85.3 Å². The van der Waals surface area contributed by atoms with Crippen molar-refractivity contribution in [2.75, 3.05) is 57.9 Å². The van der Waals surface area contributed by atoms with Crippen molar-refractivity contribution in [1.29, 1.82) is 0 Å². The van der Waals surface area contributed by atoms with Gasteiger partial charge < -0.3 is 25.0 Å². The zero-order chi connectivity index (χ0) is 18.5. The lowest BCUT2D eigenvalue weighted by Gasteiger charge is -2.34. The van der Waals surface area contributed by atoms with Gasteiger partial charge in [-0.15, -0.1) is 0 Å². The highest BCUT2D eigenvalue weighted by atomic mass is 16.5. The molecule has 3 amide bonds. The monoisotopic (exact) mass is 362 g/mol. The summed E-state index contributed by atoms with van der Waals surface area (Å²) < 4.78 is 5.21. The number of nitrogens with one attached hydrogen (secondary N) is 1. The Labute approximate surface area is 153 Å². The molecule has 2 heterocycles. The van der Waals surface area contributed by atoms with Gasteiger partial charge in [-0.2, -0.15) is 0 Å². The van der Waals surface area contributed by atoms with Crippen molar-refractivity contribution in [3.63, 3.8) is 0 Å². The van der Waals surface area contributed by atoms with E-state index >= 15 is 0 Å².